The predicted octanol–water partition coefficient (Wildman–Crippen LogP) is 17.1. The quantitative estimate of drug-likeness (QED) is 0.0389. The lowest BCUT2D eigenvalue weighted by atomic mass is 9.81. The molecule has 1 aromatic rings. The van der Waals surface area contributed by atoms with E-state index in [4.69, 9.17) is 14.2 Å². The third kappa shape index (κ3) is 37.7. The van der Waals surface area contributed by atoms with Crippen LogP contribution in [0.25, 0.3) is 0 Å². The SMILES string of the molecule is CCCCCCCCCCCCCCCCCCN(CCCCCCCCCCCCCCCCCC)C(=O)CCC(=O)OCCOC(=O)C(CC)CC(CC(CCC)c1ccc(C)cc1)C(=O)OCCO. The van der Waals surface area contributed by atoms with E-state index in [1.807, 2.05) is 18.7 Å². The second-order valence-electron chi connectivity index (χ2n) is 21.4. The summed E-state index contributed by atoms with van der Waals surface area (Å²) in [5.74, 6) is -2.28. The molecule has 0 aliphatic carbocycles. The topological polar surface area (TPSA) is 119 Å². The van der Waals surface area contributed by atoms with Crippen LogP contribution in [0.3, 0.4) is 0 Å². The van der Waals surface area contributed by atoms with E-state index >= 15 is 0 Å². The van der Waals surface area contributed by atoms with Crippen LogP contribution in [0.15, 0.2) is 24.3 Å². The van der Waals surface area contributed by atoms with Gasteiger partial charge < -0.3 is 24.2 Å². The lowest BCUT2D eigenvalue weighted by Crippen LogP contribution is -2.33. The molecule has 9 nitrogen and oxygen atoms in total. The zero-order valence-corrected chi connectivity index (χ0v) is 47.6. The van der Waals surface area contributed by atoms with E-state index in [0.29, 0.717) is 12.8 Å². The predicted molar refractivity (Wildman–Crippen MR) is 300 cm³/mol. The molecule has 0 aromatic heterocycles. The van der Waals surface area contributed by atoms with Gasteiger partial charge in [-0.1, -0.05) is 257 Å². The molecule has 1 rings (SSSR count). The van der Waals surface area contributed by atoms with E-state index in [1.165, 1.54) is 185 Å². The van der Waals surface area contributed by atoms with Gasteiger partial charge in [-0.3, -0.25) is 19.2 Å². The van der Waals surface area contributed by atoms with E-state index in [0.717, 1.165) is 57.2 Å². The zero-order valence-electron chi connectivity index (χ0n) is 47.6. The van der Waals surface area contributed by atoms with E-state index in [1.54, 1.807) is 0 Å². The Labute approximate surface area is 443 Å². The number of carbonyl (C=O) groups is 4. The van der Waals surface area contributed by atoms with Crippen molar-refractivity contribution in [2.24, 2.45) is 11.8 Å². The molecular weight excluding hydrogens is 899 g/mol. The van der Waals surface area contributed by atoms with Crippen molar-refractivity contribution in [1.29, 1.82) is 0 Å². The molecule has 0 saturated carbocycles. The molecule has 1 amide bonds. The molecule has 72 heavy (non-hydrogen) atoms. The first-order valence-electron chi connectivity index (χ1n) is 30.6. The Balaban J connectivity index is 2.55. The summed E-state index contributed by atoms with van der Waals surface area (Å²) in [5, 5.41) is 9.34. The Morgan fingerprint density at radius 1 is 0.458 bits per heavy atom. The van der Waals surface area contributed by atoms with Gasteiger partial charge in [-0.05, 0) is 56.9 Å². The number of hydrogen-bond donors (Lipinski definition) is 1. The molecule has 3 atom stereocenters. The first kappa shape index (κ1) is 67.1. The fourth-order valence-electron chi connectivity index (χ4n) is 10.2. The molecule has 0 heterocycles. The van der Waals surface area contributed by atoms with Gasteiger partial charge in [-0.15, -0.1) is 0 Å². The fourth-order valence-corrected chi connectivity index (χ4v) is 10.2. The summed E-state index contributed by atoms with van der Waals surface area (Å²) in [6.07, 6.45) is 45.3. The van der Waals surface area contributed by atoms with Crippen molar-refractivity contribution in [3.8, 4) is 0 Å². The summed E-state index contributed by atoms with van der Waals surface area (Å²) in [5.41, 5.74) is 2.32. The van der Waals surface area contributed by atoms with Gasteiger partial charge in [0.25, 0.3) is 0 Å². The number of aliphatic hydroxyl groups is 1. The molecule has 0 spiro atoms. The molecule has 0 aliphatic rings. The van der Waals surface area contributed by atoms with Crippen molar-refractivity contribution in [2.45, 2.75) is 291 Å². The van der Waals surface area contributed by atoms with Gasteiger partial charge in [0, 0.05) is 19.5 Å². The van der Waals surface area contributed by atoms with Crippen molar-refractivity contribution in [3.05, 3.63) is 35.4 Å². The number of esters is 3. The van der Waals surface area contributed by atoms with Crippen LogP contribution in [0.2, 0.25) is 0 Å². The first-order chi connectivity index (χ1) is 35.2. The lowest BCUT2D eigenvalue weighted by Gasteiger charge is -2.25. The summed E-state index contributed by atoms with van der Waals surface area (Å²) < 4.78 is 16.4. The third-order valence-corrected chi connectivity index (χ3v) is 14.9. The molecule has 0 saturated heterocycles. The van der Waals surface area contributed by atoms with Gasteiger partial charge in [0.2, 0.25) is 5.91 Å². The Morgan fingerprint density at radius 2 is 0.847 bits per heavy atom. The third-order valence-electron chi connectivity index (χ3n) is 14.9. The second kappa shape index (κ2) is 49.0. The van der Waals surface area contributed by atoms with Crippen molar-refractivity contribution < 1.29 is 38.5 Å². The number of aryl methyl sites for hydroxylation is 1. The summed E-state index contributed by atoms with van der Waals surface area (Å²) in [6.45, 7) is 11.6. The monoisotopic (exact) mass is 1010 g/mol. The van der Waals surface area contributed by atoms with Crippen LogP contribution in [0.5, 0.6) is 0 Å². The van der Waals surface area contributed by atoms with Crippen LogP contribution in [0.1, 0.15) is 295 Å². The highest BCUT2D eigenvalue weighted by Crippen LogP contribution is 2.33. The van der Waals surface area contributed by atoms with Gasteiger partial charge in [0.15, 0.2) is 0 Å². The number of rotatable bonds is 52. The smallest absolute Gasteiger partial charge is 0.309 e. The Morgan fingerprint density at radius 3 is 1.25 bits per heavy atom. The molecule has 1 aromatic carbocycles. The number of carbonyl (C=O) groups excluding carboxylic acids is 4. The molecule has 0 bridgehead atoms. The first-order valence-corrected chi connectivity index (χ1v) is 30.6. The molecule has 0 fully saturated rings. The summed E-state index contributed by atoms with van der Waals surface area (Å²) >= 11 is 0. The van der Waals surface area contributed by atoms with Crippen molar-refractivity contribution in [3.63, 3.8) is 0 Å². The van der Waals surface area contributed by atoms with E-state index in [2.05, 4.69) is 45.0 Å². The second-order valence-corrected chi connectivity index (χ2v) is 21.4. The highest BCUT2D eigenvalue weighted by molar-refractivity contribution is 5.81. The van der Waals surface area contributed by atoms with Crippen molar-refractivity contribution >= 4 is 23.8 Å². The summed E-state index contributed by atoms with van der Waals surface area (Å²) in [7, 11) is 0. The maximum Gasteiger partial charge on any atom is 0.309 e. The minimum atomic E-state index is -0.546. The van der Waals surface area contributed by atoms with Crippen LogP contribution in [0.4, 0.5) is 0 Å². The molecule has 0 aliphatic heterocycles. The van der Waals surface area contributed by atoms with Crippen LogP contribution in [-0.4, -0.2) is 73.3 Å². The van der Waals surface area contributed by atoms with E-state index < -0.39 is 29.7 Å². The number of ether oxygens (including phenoxy) is 3. The summed E-state index contributed by atoms with van der Waals surface area (Å²) in [4.78, 5) is 54.9. The van der Waals surface area contributed by atoms with Crippen LogP contribution in [-0.2, 0) is 33.4 Å². The minimum absolute atomic E-state index is 0.00365. The van der Waals surface area contributed by atoms with Gasteiger partial charge in [0.1, 0.15) is 19.8 Å². The number of nitrogens with zero attached hydrogens (tertiary/aromatic N) is 1. The average Bonchev–Trinajstić information content (AvgIpc) is 3.38. The van der Waals surface area contributed by atoms with Crippen LogP contribution in [0, 0.1) is 18.8 Å². The Hall–Kier alpha value is -2.94. The lowest BCUT2D eigenvalue weighted by molar-refractivity contribution is -0.157. The zero-order chi connectivity index (χ0) is 52.5. The largest absolute Gasteiger partial charge is 0.463 e. The fraction of sp³-hybridized carbons (Fsp3) is 0.841. The number of aliphatic hydroxyl groups excluding tert-OH is 1. The van der Waals surface area contributed by atoms with Gasteiger partial charge >= 0.3 is 17.9 Å². The molecule has 9 heteroatoms. The van der Waals surface area contributed by atoms with E-state index in [9.17, 15) is 24.3 Å². The number of benzene rings is 1. The summed E-state index contributed by atoms with van der Waals surface area (Å²) in [6, 6.07) is 8.37. The molecule has 3 unspecified atom stereocenters. The van der Waals surface area contributed by atoms with Crippen molar-refractivity contribution in [1.82, 2.24) is 4.90 Å². The van der Waals surface area contributed by atoms with Crippen LogP contribution >= 0.6 is 0 Å². The average molecular weight is 1010 g/mol. The standard InChI is InChI=1S/C63H113NO8/c1-6-10-12-14-16-18-20-22-24-26-28-30-32-34-36-38-47-64(48-39-37-35-33-31-29-27-25-23-21-19-17-15-13-11-7-2)60(66)45-46-61(67)70-51-52-72-62(68)56(9-4)53-59(63(69)71-50-49-65)54-58(40-8-3)57-43-41-55(5)42-44-57/h41-44,56,58-59,65H,6-40,45-54H2,1-5H3. The van der Waals surface area contributed by atoms with E-state index in [-0.39, 0.29) is 57.5 Å². The molecular formula is C63H113NO8. The Kier molecular flexibility index (Phi) is 45.6. The molecule has 0 radical (unpaired) electrons. The van der Waals surface area contributed by atoms with Gasteiger partial charge in [-0.2, -0.15) is 0 Å². The van der Waals surface area contributed by atoms with Crippen molar-refractivity contribution in [2.75, 3.05) is 39.5 Å². The van der Waals surface area contributed by atoms with Crippen LogP contribution < -0.4 is 0 Å². The van der Waals surface area contributed by atoms with Gasteiger partial charge in [0.05, 0.1) is 24.9 Å². The number of unbranched alkanes of at least 4 members (excludes halogenated alkanes) is 30. The maximum atomic E-state index is 13.6. The normalized spacial score (nSPS) is 12.6. The number of amides is 1. The minimum Gasteiger partial charge on any atom is -0.463 e. The van der Waals surface area contributed by atoms with Gasteiger partial charge in [-0.25, -0.2) is 0 Å². The number of hydrogen-bond acceptors (Lipinski definition) is 8. The Bertz CT molecular complexity index is 1380. The maximum absolute atomic E-state index is 13.6. The molecule has 418 valence electrons. The highest BCUT2D eigenvalue weighted by atomic mass is 16.6. The molecule has 1 N–H and O–H groups in total. The highest BCUT2D eigenvalue weighted by Gasteiger charge is 2.31.